The first-order valence-corrected chi connectivity index (χ1v) is 4.40. The van der Waals surface area contributed by atoms with Gasteiger partial charge in [-0.15, -0.1) is 12.8 Å². The monoisotopic (exact) mass is 310 g/mol. The van der Waals surface area contributed by atoms with Crippen molar-refractivity contribution < 1.29 is 19.5 Å². The number of hydrogen-bond acceptors (Lipinski definition) is 1. The standard InChI is InChI=1S/C9H11N.C2H6.3CH3.Ru/c1-3-8-6-5-7-9(4-2)10-8;1-2;;;;/h5-7H,1-4H2;1-2H3;3*1H3;/q-2;;3*-1;+5. The van der Waals surface area contributed by atoms with E-state index in [-0.39, 0.29) is 41.8 Å². The van der Waals surface area contributed by atoms with Crippen LogP contribution in [0.3, 0.4) is 0 Å². The molecule has 0 bridgehead atoms. The summed E-state index contributed by atoms with van der Waals surface area (Å²) < 4.78 is 0. The van der Waals surface area contributed by atoms with Gasteiger partial charge < -0.3 is 36.1 Å². The van der Waals surface area contributed by atoms with Crippen molar-refractivity contribution in [2.75, 3.05) is 0 Å². The van der Waals surface area contributed by atoms with E-state index in [1.165, 1.54) is 0 Å². The molecule has 1 radical (unpaired) electrons. The third-order valence-electron chi connectivity index (χ3n) is 1.38. The van der Waals surface area contributed by atoms with Gasteiger partial charge in [0.05, 0.1) is 0 Å². The van der Waals surface area contributed by atoms with E-state index in [1.807, 2.05) is 32.0 Å². The van der Waals surface area contributed by atoms with Crippen LogP contribution >= 0.6 is 0 Å². The molecule has 0 aromatic carbocycles. The van der Waals surface area contributed by atoms with Gasteiger partial charge in [-0.1, -0.05) is 19.9 Å². The predicted octanol–water partition coefficient (Wildman–Crippen LogP) is 4.21. The third kappa shape index (κ3) is 11.8. The maximum Gasteiger partial charge on any atom is 5.00 e. The second-order valence-electron chi connectivity index (χ2n) is 2.12. The molecule has 1 rings (SSSR count). The van der Waals surface area contributed by atoms with Crippen molar-refractivity contribution in [3.05, 3.63) is 65.7 Å². The van der Waals surface area contributed by atoms with E-state index in [2.05, 4.69) is 18.8 Å². The summed E-state index contributed by atoms with van der Waals surface area (Å²) >= 11 is 0. The maximum absolute atomic E-state index is 4.28. The number of nitrogens with zero attached hydrogens (tertiary/aromatic N) is 1. The minimum absolute atomic E-state index is 0. The molecule has 0 saturated carbocycles. The van der Waals surface area contributed by atoms with Crippen LogP contribution in [0, 0.1) is 36.1 Å². The van der Waals surface area contributed by atoms with E-state index < -0.39 is 0 Å². The van der Waals surface area contributed by atoms with Crippen LogP contribution in [0.2, 0.25) is 0 Å². The molecule has 2 heteroatoms. The van der Waals surface area contributed by atoms with Crippen molar-refractivity contribution >= 4 is 0 Å². The van der Waals surface area contributed by atoms with Gasteiger partial charge in [0.2, 0.25) is 0 Å². The quantitative estimate of drug-likeness (QED) is 0.589. The first kappa shape index (κ1) is 29.7. The summed E-state index contributed by atoms with van der Waals surface area (Å²) in [5, 5.41) is 0. The van der Waals surface area contributed by atoms with Gasteiger partial charge in [-0.25, -0.2) is 0 Å². The van der Waals surface area contributed by atoms with Crippen LogP contribution in [0.1, 0.15) is 25.2 Å². The average molecular weight is 309 g/mol. The summed E-state index contributed by atoms with van der Waals surface area (Å²) in [4.78, 5) is 4.28. The fraction of sp³-hybridized carbons (Fsp3) is 0.286. The molecule has 1 aromatic heterocycles. The van der Waals surface area contributed by atoms with Gasteiger partial charge in [-0.2, -0.15) is 0 Å². The van der Waals surface area contributed by atoms with E-state index in [0.717, 1.165) is 24.2 Å². The Kier molecular flexibility index (Phi) is 37.5. The fourth-order valence-corrected chi connectivity index (χ4v) is 0.808. The van der Waals surface area contributed by atoms with Gasteiger partial charge in [0.25, 0.3) is 0 Å². The zero-order chi connectivity index (χ0) is 9.40. The molecule has 0 spiro atoms. The molecule has 0 aliphatic carbocycles. The van der Waals surface area contributed by atoms with Crippen LogP contribution in [-0.2, 0) is 32.3 Å². The van der Waals surface area contributed by atoms with Gasteiger partial charge in [0, 0.05) is 11.4 Å². The van der Waals surface area contributed by atoms with Crippen molar-refractivity contribution in [1.82, 2.24) is 4.98 Å². The summed E-state index contributed by atoms with van der Waals surface area (Å²) in [7, 11) is 0. The molecule has 16 heavy (non-hydrogen) atoms. The Balaban J connectivity index is -0.0000000637. The SMILES string of the molecule is CC.[CH2-]Cc1cccc(C[CH2-])n1.[CH3-].[CH3-].[CH3-].[Ru+5]. The predicted molar refractivity (Wildman–Crippen MR) is 72.9 cm³/mol. The molecule has 0 unspecified atom stereocenters. The molecule has 95 valence electrons. The first-order valence-electron chi connectivity index (χ1n) is 4.40. The summed E-state index contributed by atoms with van der Waals surface area (Å²) in [6.07, 6.45) is 1.52. The molecule has 1 heterocycles. The van der Waals surface area contributed by atoms with Gasteiger partial charge >= 0.3 is 19.5 Å². The zero-order valence-electron chi connectivity index (χ0n) is 11.4. The zero-order valence-corrected chi connectivity index (χ0v) is 13.1. The van der Waals surface area contributed by atoms with Crippen LogP contribution in [0.4, 0.5) is 0 Å². The van der Waals surface area contributed by atoms with Crippen molar-refractivity contribution in [1.29, 1.82) is 0 Å². The third-order valence-corrected chi connectivity index (χ3v) is 1.38. The molecular weight excluding hydrogens is 283 g/mol. The maximum atomic E-state index is 4.28. The second-order valence-corrected chi connectivity index (χ2v) is 2.12. The van der Waals surface area contributed by atoms with Crippen molar-refractivity contribution in [2.45, 2.75) is 26.7 Å². The molecule has 0 atom stereocenters. The number of rotatable bonds is 2. The summed E-state index contributed by atoms with van der Waals surface area (Å²) in [6.45, 7) is 11.5. The Morgan fingerprint density at radius 3 is 1.50 bits per heavy atom. The topological polar surface area (TPSA) is 12.9 Å². The summed E-state index contributed by atoms with van der Waals surface area (Å²) in [6, 6.07) is 5.95. The van der Waals surface area contributed by atoms with Crippen LogP contribution < -0.4 is 0 Å². The van der Waals surface area contributed by atoms with Crippen LogP contribution in [0.5, 0.6) is 0 Å². The van der Waals surface area contributed by atoms with Crippen molar-refractivity contribution in [2.24, 2.45) is 0 Å². The van der Waals surface area contributed by atoms with Crippen LogP contribution in [0.15, 0.2) is 18.2 Å². The van der Waals surface area contributed by atoms with Gasteiger partial charge in [0.1, 0.15) is 0 Å². The normalized spacial score (nSPS) is 6.50. The van der Waals surface area contributed by atoms with E-state index in [9.17, 15) is 0 Å². The fourth-order valence-electron chi connectivity index (χ4n) is 0.808. The van der Waals surface area contributed by atoms with Crippen LogP contribution in [0.25, 0.3) is 0 Å². The van der Waals surface area contributed by atoms with Gasteiger partial charge in [0.15, 0.2) is 0 Å². The number of pyridine rings is 1. The van der Waals surface area contributed by atoms with Crippen molar-refractivity contribution in [3.8, 4) is 0 Å². The average Bonchev–Trinajstić information content (AvgIpc) is 2.21. The molecule has 0 aliphatic rings. The number of aromatic nitrogens is 1. The van der Waals surface area contributed by atoms with E-state index in [4.69, 9.17) is 0 Å². The second kappa shape index (κ2) is 20.2. The Labute approximate surface area is 117 Å². The van der Waals surface area contributed by atoms with E-state index >= 15 is 0 Å². The molecule has 0 aliphatic heterocycles. The molecule has 0 N–H and O–H groups in total. The van der Waals surface area contributed by atoms with Gasteiger partial charge in [-0.3, -0.25) is 4.98 Å². The van der Waals surface area contributed by atoms with E-state index in [1.54, 1.807) is 0 Å². The molecule has 0 amide bonds. The minimum atomic E-state index is 0. The van der Waals surface area contributed by atoms with E-state index in [0.29, 0.717) is 0 Å². The van der Waals surface area contributed by atoms with Gasteiger partial charge in [-0.05, 0) is 12.1 Å². The smallest absolute Gasteiger partial charge is 0.358 e. The van der Waals surface area contributed by atoms with Crippen LogP contribution in [-0.4, -0.2) is 4.98 Å². The molecule has 0 fully saturated rings. The molecule has 0 saturated heterocycles. The summed E-state index contributed by atoms with van der Waals surface area (Å²) in [5.41, 5.74) is 2.09. The molecular formula is C14H26NRu. The Hall–Kier alpha value is -0.227. The Morgan fingerprint density at radius 1 is 0.938 bits per heavy atom. The Morgan fingerprint density at radius 2 is 1.25 bits per heavy atom. The molecule has 1 nitrogen and oxygen atoms in total. The largest absolute Gasteiger partial charge is 5.00 e. The minimum Gasteiger partial charge on any atom is -0.358 e. The number of hydrogen-bond donors (Lipinski definition) is 0. The summed E-state index contributed by atoms with van der Waals surface area (Å²) in [5.74, 6) is 0. The van der Waals surface area contributed by atoms with Crippen molar-refractivity contribution in [3.63, 3.8) is 0 Å². The molecule has 1 aromatic rings. The Bertz CT molecular complexity index is 192. The first-order chi connectivity index (χ1) is 5.86.